The van der Waals surface area contributed by atoms with E-state index in [1.165, 1.54) is 36.5 Å². The Morgan fingerprint density at radius 1 is 1.21 bits per heavy atom. The van der Waals surface area contributed by atoms with Crippen molar-refractivity contribution in [2.75, 3.05) is 30.3 Å². The first-order valence-corrected chi connectivity index (χ1v) is 9.13. The number of piperidine rings is 1. The van der Waals surface area contributed by atoms with Gasteiger partial charge in [0.1, 0.15) is 11.5 Å². The molecule has 28 heavy (non-hydrogen) atoms. The minimum atomic E-state index is -0.408. The van der Waals surface area contributed by atoms with Crippen molar-refractivity contribution in [1.82, 2.24) is 14.9 Å². The van der Waals surface area contributed by atoms with Gasteiger partial charge in [-0.1, -0.05) is 0 Å². The molecule has 1 aromatic carbocycles. The Kier molecular flexibility index (Phi) is 6.36. The van der Waals surface area contributed by atoms with Crippen LogP contribution < -0.4 is 10.6 Å². The van der Waals surface area contributed by atoms with Crippen LogP contribution in [0.1, 0.15) is 30.3 Å². The molecule has 2 amide bonds. The number of nitrogens with one attached hydrogen (secondary N) is 2. The summed E-state index contributed by atoms with van der Waals surface area (Å²) in [7, 11) is 0. The molecule has 1 aliphatic heterocycles. The number of likely N-dealkylation sites (tertiary alicyclic amines) is 1. The van der Waals surface area contributed by atoms with Crippen LogP contribution in [0.15, 0.2) is 36.5 Å². The number of nitrogens with zero attached hydrogens (tertiary/aromatic N) is 3. The van der Waals surface area contributed by atoms with Crippen LogP contribution in [0, 0.1) is 5.82 Å². The second-order valence-electron chi connectivity index (χ2n) is 6.33. The summed E-state index contributed by atoms with van der Waals surface area (Å²) in [6.45, 7) is 3.31. The Bertz CT molecular complexity index is 823. The highest BCUT2D eigenvalue weighted by Crippen LogP contribution is 2.16. The van der Waals surface area contributed by atoms with E-state index in [4.69, 9.17) is 4.74 Å². The summed E-state index contributed by atoms with van der Waals surface area (Å²) in [4.78, 5) is 34.2. The quantitative estimate of drug-likeness (QED) is 0.819. The zero-order valence-corrected chi connectivity index (χ0v) is 15.5. The van der Waals surface area contributed by atoms with Gasteiger partial charge >= 0.3 is 6.09 Å². The van der Waals surface area contributed by atoms with Crippen molar-refractivity contribution in [2.45, 2.75) is 25.8 Å². The first-order valence-electron chi connectivity index (χ1n) is 9.13. The second kappa shape index (κ2) is 9.12. The molecular formula is C19H22FN5O3. The molecule has 9 heteroatoms. The molecule has 1 aliphatic rings. The van der Waals surface area contributed by atoms with Crippen molar-refractivity contribution < 1.29 is 18.7 Å². The standard InChI is InChI=1S/C19H22FN5O3/c1-2-28-19(27)25-11-8-15(9-12-25)23-18-21-10-7-16(24-18)17(26)22-14-5-3-13(20)4-6-14/h3-7,10,15H,2,8-9,11-12H2,1H3,(H,22,26)(H,21,23,24). The third-order valence-electron chi connectivity index (χ3n) is 4.34. The van der Waals surface area contributed by atoms with E-state index in [2.05, 4.69) is 20.6 Å². The molecule has 3 rings (SSSR count). The number of ether oxygens (including phenoxy) is 1. The molecule has 0 unspecified atom stereocenters. The molecule has 1 aromatic heterocycles. The Hall–Kier alpha value is -3.23. The second-order valence-corrected chi connectivity index (χ2v) is 6.33. The number of aromatic nitrogens is 2. The molecule has 1 fully saturated rings. The monoisotopic (exact) mass is 387 g/mol. The van der Waals surface area contributed by atoms with Crippen molar-refractivity contribution in [2.24, 2.45) is 0 Å². The summed E-state index contributed by atoms with van der Waals surface area (Å²) in [6, 6.07) is 7.10. The fourth-order valence-electron chi connectivity index (χ4n) is 2.89. The lowest BCUT2D eigenvalue weighted by molar-refractivity contribution is 0.0980. The van der Waals surface area contributed by atoms with Crippen LogP contribution in [0.2, 0.25) is 0 Å². The van der Waals surface area contributed by atoms with Crippen LogP contribution in [-0.4, -0.2) is 52.6 Å². The van der Waals surface area contributed by atoms with Gasteiger partial charge in [-0.2, -0.15) is 0 Å². The van der Waals surface area contributed by atoms with Crippen molar-refractivity contribution >= 4 is 23.6 Å². The first kappa shape index (κ1) is 19.5. The minimum absolute atomic E-state index is 0.0982. The van der Waals surface area contributed by atoms with E-state index in [9.17, 15) is 14.0 Å². The van der Waals surface area contributed by atoms with E-state index >= 15 is 0 Å². The largest absolute Gasteiger partial charge is 0.450 e. The number of hydrogen-bond donors (Lipinski definition) is 2. The topological polar surface area (TPSA) is 96.5 Å². The predicted molar refractivity (Wildman–Crippen MR) is 102 cm³/mol. The molecule has 0 saturated carbocycles. The van der Waals surface area contributed by atoms with E-state index in [1.54, 1.807) is 11.8 Å². The highest BCUT2D eigenvalue weighted by Gasteiger charge is 2.24. The fraction of sp³-hybridized carbons (Fsp3) is 0.368. The van der Waals surface area contributed by atoms with Crippen molar-refractivity contribution in [3.05, 3.63) is 48.0 Å². The lowest BCUT2D eigenvalue weighted by Gasteiger charge is -2.31. The van der Waals surface area contributed by atoms with E-state index in [0.717, 1.165) is 12.8 Å². The first-order chi connectivity index (χ1) is 13.5. The zero-order valence-electron chi connectivity index (χ0n) is 15.5. The summed E-state index contributed by atoms with van der Waals surface area (Å²) < 4.78 is 18.0. The SMILES string of the molecule is CCOC(=O)N1CCC(Nc2nccc(C(=O)Nc3ccc(F)cc3)n2)CC1. The van der Waals surface area contributed by atoms with Gasteiger partial charge in [-0.05, 0) is 50.1 Å². The van der Waals surface area contributed by atoms with Crippen molar-refractivity contribution in [1.29, 1.82) is 0 Å². The normalized spacial score (nSPS) is 14.4. The summed E-state index contributed by atoms with van der Waals surface area (Å²) >= 11 is 0. The Balaban J connectivity index is 1.55. The van der Waals surface area contributed by atoms with Crippen LogP contribution in [0.5, 0.6) is 0 Å². The van der Waals surface area contributed by atoms with Crippen LogP contribution in [0.4, 0.5) is 20.8 Å². The molecule has 0 radical (unpaired) electrons. The Morgan fingerprint density at radius 2 is 1.93 bits per heavy atom. The summed E-state index contributed by atoms with van der Waals surface area (Å²) in [5, 5.41) is 5.87. The molecule has 8 nitrogen and oxygen atoms in total. The summed E-state index contributed by atoms with van der Waals surface area (Å²) in [6.07, 6.45) is 2.67. The van der Waals surface area contributed by atoms with E-state index in [1.807, 2.05) is 0 Å². The maximum Gasteiger partial charge on any atom is 0.409 e. The van der Waals surface area contributed by atoms with Gasteiger partial charge in [0.25, 0.3) is 5.91 Å². The number of carbonyl (C=O) groups is 2. The third kappa shape index (κ3) is 5.15. The smallest absolute Gasteiger partial charge is 0.409 e. The number of hydrogen-bond acceptors (Lipinski definition) is 6. The number of benzene rings is 1. The minimum Gasteiger partial charge on any atom is -0.450 e. The molecule has 0 aliphatic carbocycles. The van der Waals surface area contributed by atoms with Crippen LogP contribution >= 0.6 is 0 Å². The lowest BCUT2D eigenvalue weighted by Crippen LogP contribution is -2.42. The van der Waals surface area contributed by atoms with E-state index < -0.39 is 5.91 Å². The number of rotatable bonds is 5. The van der Waals surface area contributed by atoms with Crippen LogP contribution in [0.3, 0.4) is 0 Å². The molecule has 0 bridgehead atoms. The van der Waals surface area contributed by atoms with Crippen molar-refractivity contribution in [3.63, 3.8) is 0 Å². The fourth-order valence-corrected chi connectivity index (χ4v) is 2.89. The number of amides is 2. The van der Waals surface area contributed by atoms with Gasteiger partial charge in [0.2, 0.25) is 5.95 Å². The predicted octanol–water partition coefficient (Wildman–Crippen LogP) is 2.90. The number of anilines is 2. The summed E-state index contributed by atoms with van der Waals surface area (Å²) in [5.74, 6) is -0.434. The van der Waals surface area contributed by atoms with Gasteiger partial charge in [0.15, 0.2) is 0 Å². The van der Waals surface area contributed by atoms with Gasteiger partial charge in [0.05, 0.1) is 6.61 Å². The number of halogens is 1. The van der Waals surface area contributed by atoms with Crippen LogP contribution in [-0.2, 0) is 4.74 Å². The van der Waals surface area contributed by atoms with Crippen LogP contribution in [0.25, 0.3) is 0 Å². The molecular weight excluding hydrogens is 365 g/mol. The van der Waals surface area contributed by atoms with Gasteiger partial charge in [-0.3, -0.25) is 4.79 Å². The molecule has 148 valence electrons. The molecule has 2 heterocycles. The molecule has 0 atom stereocenters. The molecule has 2 aromatic rings. The number of carbonyl (C=O) groups excluding carboxylic acids is 2. The van der Waals surface area contributed by atoms with Gasteiger partial charge in [0, 0.05) is 31.0 Å². The highest BCUT2D eigenvalue weighted by atomic mass is 19.1. The molecule has 1 saturated heterocycles. The average molecular weight is 387 g/mol. The van der Waals surface area contributed by atoms with Gasteiger partial charge in [-0.15, -0.1) is 0 Å². The molecule has 0 spiro atoms. The zero-order chi connectivity index (χ0) is 19.9. The Morgan fingerprint density at radius 3 is 2.61 bits per heavy atom. The Labute approximate surface area is 162 Å². The molecule has 2 N–H and O–H groups in total. The van der Waals surface area contributed by atoms with E-state index in [-0.39, 0.29) is 23.6 Å². The average Bonchev–Trinajstić information content (AvgIpc) is 2.70. The third-order valence-corrected chi connectivity index (χ3v) is 4.34. The highest BCUT2D eigenvalue weighted by molar-refractivity contribution is 6.02. The lowest BCUT2D eigenvalue weighted by atomic mass is 10.1. The summed E-state index contributed by atoms with van der Waals surface area (Å²) in [5.41, 5.74) is 0.677. The van der Waals surface area contributed by atoms with Gasteiger partial charge in [-0.25, -0.2) is 19.2 Å². The van der Waals surface area contributed by atoms with Gasteiger partial charge < -0.3 is 20.3 Å². The van der Waals surface area contributed by atoms with E-state index in [0.29, 0.717) is 31.3 Å². The maximum atomic E-state index is 13.0. The van der Waals surface area contributed by atoms with Crippen molar-refractivity contribution in [3.8, 4) is 0 Å². The maximum absolute atomic E-state index is 13.0.